The normalized spacial score (nSPS) is 11.7. The zero-order chi connectivity index (χ0) is 20.8. The molecule has 0 saturated heterocycles. The number of amides is 1. The van der Waals surface area contributed by atoms with Crippen LogP contribution in [-0.4, -0.2) is 16.9 Å². The lowest BCUT2D eigenvalue weighted by molar-refractivity contribution is -0.386. The van der Waals surface area contributed by atoms with Crippen molar-refractivity contribution in [2.45, 2.75) is 19.1 Å². The fraction of sp³-hybridized carbons (Fsp3) is 0.136. The molecule has 1 N–H and O–H groups in total. The SMILES string of the molecule is CC(Oc1cc(F)ccc1[N+](=O)[O-])C(=O)NC(c1ccccc1)c1ccccc1. The van der Waals surface area contributed by atoms with E-state index in [-0.39, 0.29) is 5.75 Å². The summed E-state index contributed by atoms with van der Waals surface area (Å²) < 4.78 is 18.9. The first kappa shape index (κ1) is 20.0. The monoisotopic (exact) mass is 394 g/mol. The number of rotatable bonds is 7. The number of benzene rings is 3. The molecule has 0 fully saturated rings. The largest absolute Gasteiger partial charge is 0.474 e. The molecule has 1 atom stereocenters. The molecule has 29 heavy (non-hydrogen) atoms. The summed E-state index contributed by atoms with van der Waals surface area (Å²) in [5, 5.41) is 14.0. The van der Waals surface area contributed by atoms with Crippen LogP contribution in [0.1, 0.15) is 24.1 Å². The average molecular weight is 394 g/mol. The Morgan fingerprint density at radius 2 is 1.55 bits per heavy atom. The maximum atomic E-state index is 13.5. The molecule has 1 unspecified atom stereocenters. The number of hydrogen-bond acceptors (Lipinski definition) is 4. The Hall–Kier alpha value is -3.74. The van der Waals surface area contributed by atoms with Crippen LogP contribution in [0, 0.1) is 15.9 Å². The number of nitrogens with zero attached hydrogens (tertiary/aromatic N) is 1. The Balaban J connectivity index is 1.82. The number of ether oxygens (including phenoxy) is 1. The number of hydrogen-bond donors (Lipinski definition) is 1. The van der Waals surface area contributed by atoms with Crippen molar-refractivity contribution < 1.29 is 18.8 Å². The highest BCUT2D eigenvalue weighted by molar-refractivity contribution is 5.81. The van der Waals surface area contributed by atoms with Crippen molar-refractivity contribution in [1.29, 1.82) is 0 Å². The Morgan fingerprint density at radius 3 is 2.07 bits per heavy atom. The summed E-state index contributed by atoms with van der Waals surface area (Å²) in [4.78, 5) is 23.2. The topological polar surface area (TPSA) is 81.5 Å². The van der Waals surface area contributed by atoms with Gasteiger partial charge in [-0.15, -0.1) is 0 Å². The van der Waals surface area contributed by atoms with Crippen molar-refractivity contribution in [1.82, 2.24) is 5.32 Å². The summed E-state index contributed by atoms with van der Waals surface area (Å²) >= 11 is 0. The molecule has 0 aliphatic rings. The standard InChI is InChI=1S/C22H19FN2O4/c1-15(29-20-14-18(23)12-13-19(20)25(27)28)22(26)24-21(16-8-4-2-5-9-16)17-10-6-3-7-11-17/h2-15,21H,1H3,(H,24,26). The molecule has 1 amide bonds. The van der Waals surface area contributed by atoms with Gasteiger partial charge in [-0.1, -0.05) is 60.7 Å². The van der Waals surface area contributed by atoms with Crippen molar-refractivity contribution in [3.05, 3.63) is 106 Å². The molecule has 0 aromatic heterocycles. The van der Waals surface area contributed by atoms with E-state index >= 15 is 0 Å². The highest BCUT2D eigenvalue weighted by atomic mass is 19.1. The molecule has 0 aliphatic carbocycles. The van der Waals surface area contributed by atoms with Crippen molar-refractivity contribution in [3.63, 3.8) is 0 Å². The lowest BCUT2D eigenvalue weighted by atomic mass is 9.98. The second kappa shape index (κ2) is 8.97. The number of nitro groups is 1. The Morgan fingerprint density at radius 1 is 1.00 bits per heavy atom. The zero-order valence-corrected chi connectivity index (χ0v) is 15.6. The average Bonchev–Trinajstić information content (AvgIpc) is 2.73. The summed E-state index contributed by atoms with van der Waals surface area (Å²) in [5.74, 6) is -1.47. The predicted molar refractivity (Wildman–Crippen MR) is 106 cm³/mol. The number of nitro benzene ring substituents is 1. The molecule has 0 spiro atoms. The van der Waals surface area contributed by atoms with Crippen LogP contribution in [0.4, 0.5) is 10.1 Å². The van der Waals surface area contributed by atoms with Crippen LogP contribution in [-0.2, 0) is 4.79 Å². The van der Waals surface area contributed by atoms with E-state index in [2.05, 4.69) is 5.32 Å². The Labute approximate surface area is 167 Å². The van der Waals surface area contributed by atoms with E-state index in [1.165, 1.54) is 6.92 Å². The van der Waals surface area contributed by atoms with Gasteiger partial charge in [0.15, 0.2) is 6.10 Å². The predicted octanol–water partition coefficient (Wildman–Crippen LogP) is 4.41. The molecule has 148 valence electrons. The smallest absolute Gasteiger partial charge is 0.311 e. The molecular formula is C22H19FN2O4. The van der Waals surface area contributed by atoms with Gasteiger partial charge >= 0.3 is 5.69 Å². The molecule has 0 aliphatic heterocycles. The van der Waals surface area contributed by atoms with Gasteiger partial charge in [-0.2, -0.15) is 0 Å². The number of nitrogens with one attached hydrogen (secondary N) is 1. The molecule has 6 nitrogen and oxygen atoms in total. The molecule has 7 heteroatoms. The van der Waals surface area contributed by atoms with Crippen molar-refractivity contribution in [2.24, 2.45) is 0 Å². The maximum Gasteiger partial charge on any atom is 0.311 e. The van der Waals surface area contributed by atoms with Crippen molar-refractivity contribution in [2.75, 3.05) is 0 Å². The van der Waals surface area contributed by atoms with E-state index in [4.69, 9.17) is 4.74 Å². The van der Waals surface area contributed by atoms with E-state index in [1.54, 1.807) is 0 Å². The molecular weight excluding hydrogens is 375 g/mol. The van der Waals surface area contributed by atoms with Crippen LogP contribution in [0.2, 0.25) is 0 Å². The lowest BCUT2D eigenvalue weighted by Gasteiger charge is -2.22. The fourth-order valence-electron chi connectivity index (χ4n) is 2.89. The Kier molecular flexibility index (Phi) is 6.19. The second-order valence-electron chi connectivity index (χ2n) is 6.39. The first-order chi connectivity index (χ1) is 14.0. The van der Waals surface area contributed by atoms with E-state index in [0.29, 0.717) is 0 Å². The van der Waals surface area contributed by atoms with Gasteiger partial charge in [0.1, 0.15) is 5.82 Å². The summed E-state index contributed by atoms with van der Waals surface area (Å²) in [6, 6.07) is 21.2. The summed E-state index contributed by atoms with van der Waals surface area (Å²) in [6.07, 6.45) is -1.08. The third-order valence-electron chi connectivity index (χ3n) is 4.34. The maximum absolute atomic E-state index is 13.5. The van der Waals surface area contributed by atoms with Crippen LogP contribution in [0.3, 0.4) is 0 Å². The lowest BCUT2D eigenvalue weighted by Crippen LogP contribution is -2.39. The van der Waals surface area contributed by atoms with Gasteiger partial charge in [-0.3, -0.25) is 14.9 Å². The zero-order valence-electron chi connectivity index (χ0n) is 15.6. The van der Waals surface area contributed by atoms with Crippen LogP contribution >= 0.6 is 0 Å². The van der Waals surface area contributed by atoms with Crippen molar-refractivity contribution >= 4 is 11.6 Å². The second-order valence-corrected chi connectivity index (χ2v) is 6.39. The molecule has 0 heterocycles. The highest BCUT2D eigenvalue weighted by Crippen LogP contribution is 2.29. The number of carbonyl (C=O) groups is 1. The third-order valence-corrected chi connectivity index (χ3v) is 4.34. The van der Waals surface area contributed by atoms with Gasteiger partial charge in [-0.05, 0) is 24.1 Å². The van der Waals surface area contributed by atoms with E-state index in [0.717, 1.165) is 29.3 Å². The van der Waals surface area contributed by atoms with Crippen molar-refractivity contribution in [3.8, 4) is 5.75 Å². The van der Waals surface area contributed by atoms with Crippen LogP contribution in [0.15, 0.2) is 78.9 Å². The molecule has 0 radical (unpaired) electrons. The quantitative estimate of drug-likeness (QED) is 0.475. The molecule has 3 aromatic rings. The Bertz CT molecular complexity index is 957. The summed E-state index contributed by atoms with van der Waals surface area (Å²) in [7, 11) is 0. The third kappa shape index (κ3) is 4.95. The van der Waals surface area contributed by atoms with Gasteiger partial charge in [0, 0.05) is 12.1 Å². The van der Waals surface area contributed by atoms with E-state index < -0.39 is 34.5 Å². The minimum absolute atomic E-state index is 0.298. The minimum Gasteiger partial charge on any atom is -0.474 e. The van der Waals surface area contributed by atoms with E-state index in [9.17, 15) is 19.3 Å². The van der Waals surface area contributed by atoms with Gasteiger partial charge in [0.05, 0.1) is 11.0 Å². The van der Waals surface area contributed by atoms with Gasteiger partial charge < -0.3 is 10.1 Å². The minimum atomic E-state index is -1.08. The van der Waals surface area contributed by atoms with Crippen LogP contribution in [0.5, 0.6) is 5.75 Å². The highest BCUT2D eigenvalue weighted by Gasteiger charge is 2.24. The van der Waals surface area contributed by atoms with Gasteiger partial charge in [0.25, 0.3) is 5.91 Å². The van der Waals surface area contributed by atoms with Gasteiger partial charge in [0.2, 0.25) is 5.75 Å². The number of carbonyl (C=O) groups excluding carboxylic acids is 1. The molecule has 3 rings (SSSR count). The first-order valence-electron chi connectivity index (χ1n) is 8.96. The van der Waals surface area contributed by atoms with E-state index in [1.807, 2.05) is 60.7 Å². The number of halogens is 1. The van der Waals surface area contributed by atoms with Crippen LogP contribution in [0.25, 0.3) is 0 Å². The molecule has 0 bridgehead atoms. The summed E-state index contributed by atoms with van der Waals surface area (Å²) in [6.45, 7) is 1.46. The van der Waals surface area contributed by atoms with Gasteiger partial charge in [-0.25, -0.2) is 4.39 Å². The summed E-state index contributed by atoms with van der Waals surface area (Å²) in [5.41, 5.74) is 1.33. The first-order valence-corrected chi connectivity index (χ1v) is 8.96. The fourth-order valence-corrected chi connectivity index (χ4v) is 2.89. The molecule has 0 saturated carbocycles. The van der Waals surface area contributed by atoms with Crippen LogP contribution < -0.4 is 10.1 Å². The molecule has 3 aromatic carbocycles.